The first-order chi connectivity index (χ1) is 8.91. The summed E-state index contributed by atoms with van der Waals surface area (Å²) in [5.41, 5.74) is 1.23. The van der Waals surface area contributed by atoms with Crippen LogP contribution in [0.25, 0.3) is 0 Å². The maximum Gasteiger partial charge on any atom is 0.338 e. The third-order valence-corrected chi connectivity index (χ3v) is 4.05. The number of aromatic carboxylic acids is 1. The maximum atomic E-state index is 12.0. The number of nitrogens with one attached hydrogen (secondary N) is 1. The number of carboxylic acid groups (broad SMARTS) is 1. The van der Waals surface area contributed by atoms with E-state index in [1.54, 1.807) is 19.9 Å². The van der Waals surface area contributed by atoms with Crippen molar-refractivity contribution in [3.8, 4) is 0 Å². The number of anilines is 1. The van der Waals surface area contributed by atoms with Crippen LogP contribution in [0, 0.1) is 20.8 Å². The predicted octanol–water partition coefficient (Wildman–Crippen LogP) is 3.22. The van der Waals surface area contributed by atoms with Crippen molar-refractivity contribution in [2.24, 2.45) is 0 Å². The summed E-state index contributed by atoms with van der Waals surface area (Å²) < 4.78 is 5.06. The third kappa shape index (κ3) is 2.39. The van der Waals surface area contributed by atoms with Gasteiger partial charge in [-0.1, -0.05) is 0 Å². The summed E-state index contributed by atoms with van der Waals surface area (Å²) in [6, 6.07) is 1.55. The molecule has 1 amide bonds. The fourth-order valence-corrected chi connectivity index (χ4v) is 2.81. The highest BCUT2D eigenvalue weighted by Gasteiger charge is 2.21. The second-order valence-electron chi connectivity index (χ2n) is 4.14. The van der Waals surface area contributed by atoms with E-state index in [1.165, 1.54) is 17.6 Å². The Kier molecular flexibility index (Phi) is 3.44. The minimum Gasteiger partial charge on any atom is -0.478 e. The van der Waals surface area contributed by atoms with Crippen molar-refractivity contribution >= 4 is 28.2 Å². The molecule has 0 bridgehead atoms. The largest absolute Gasteiger partial charge is 0.478 e. The summed E-state index contributed by atoms with van der Waals surface area (Å²) in [7, 11) is 0. The maximum absolute atomic E-state index is 12.0. The van der Waals surface area contributed by atoms with Crippen LogP contribution >= 0.6 is 11.3 Å². The molecule has 0 fully saturated rings. The van der Waals surface area contributed by atoms with Gasteiger partial charge in [0.2, 0.25) is 0 Å². The van der Waals surface area contributed by atoms with E-state index in [-0.39, 0.29) is 11.5 Å². The van der Waals surface area contributed by atoms with Gasteiger partial charge in [-0.2, -0.15) is 0 Å². The number of amides is 1. The molecule has 5 nitrogen and oxygen atoms in total. The lowest BCUT2D eigenvalue weighted by atomic mass is 10.1. The Morgan fingerprint density at radius 3 is 2.53 bits per heavy atom. The zero-order valence-corrected chi connectivity index (χ0v) is 11.6. The molecule has 0 aromatic carbocycles. The topological polar surface area (TPSA) is 79.5 Å². The molecular formula is C13H13NO4S. The summed E-state index contributed by atoms with van der Waals surface area (Å²) in [6.07, 6.45) is 1.42. The van der Waals surface area contributed by atoms with Crippen LogP contribution in [0.5, 0.6) is 0 Å². The Hall–Kier alpha value is -2.08. The van der Waals surface area contributed by atoms with E-state index in [2.05, 4.69) is 5.32 Å². The Bertz CT molecular complexity index is 654. The second-order valence-corrected chi connectivity index (χ2v) is 5.36. The van der Waals surface area contributed by atoms with E-state index in [0.717, 1.165) is 4.88 Å². The number of carboxylic acids is 1. The Balaban J connectivity index is 2.35. The van der Waals surface area contributed by atoms with E-state index in [4.69, 9.17) is 4.42 Å². The highest BCUT2D eigenvalue weighted by atomic mass is 32.1. The number of aryl methyl sites for hydroxylation is 2. The standard InChI is InChI=1S/C13H13NO4S/c1-6-8(3)19-12(10(6)13(16)17)14-11(15)9-4-5-18-7(9)2/h4-5H,1-3H3,(H,14,15)(H,16,17). The number of hydrogen-bond acceptors (Lipinski definition) is 4. The molecule has 0 aliphatic heterocycles. The molecule has 0 saturated carbocycles. The first-order valence-corrected chi connectivity index (χ1v) is 6.42. The van der Waals surface area contributed by atoms with Gasteiger partial charge in [-0.05, 0) is 32.4 Å². The van der Waals surface area contributed by atoms with Crippen LogP contribution in [-0.4, -0.2) is 17.0 Å². The van der Waals surface area contributed by atoms with Gasteiger partial charge in [0.25, 0.3) is 5.91 Å². The smallest absolute Gasteiger partial charge is 0.338 e. The Labute approximate surface area is 113 Å². The molecule has 0 aliphatic carbocycles. The summed E-state index contributed by atoms with van der Waals surface area (Å²) in [4.78, 5) is 24.1. The molecule has 2 heterocycles. The number of rotatable bonds is 3. The first kappa shape index (κ1) is 13.4. The van der Waals surface area contributed by atoms with Crippen LogP contribution in [0.3, 0.4) is 0 Å². The molecule has 100 valence electrons. The average molecular weight is 279 g/mol. The van der Waals surface area contributed by atoms with E-state index < -0.39 is 5.97 Å². The quantitative estimate of drug-likeness (QED) is 0.904. The number of hydrogen-bond donors (Lipinski definition) is 2. The van der Waals surface area contributed by atoms with Crippen molar-refractivity contribution in [3.05, 3.63) is 39.7 Å². The van der Waals surface area contributed by atoms with Gasteiger partial charge in [0.15, 0.2) is 0 Å². The van der Waals surface area contributed by atoms with Gasteiger partial charge in [0.05, 0.1) is 17.4 Å². The number of furan rings is 1. The van der Waals surface area contributed by atoms with Crippen molar-refractivity contribution in [2.45, 2.75) is 20.8 Å². The average Bonchev–Trinajstić information content (AvgIpc) is 2.84. The van der Waals surface area contributed by atoms with Crippen LogP contribution < -0.4 is 5.32 Å². The monoisotopic (exact) mass is 279 g/mol. The van der Waals surface area contributed by atoms with Crippen LogP contribution in [0.4, 0.5) is 5.00 Å². The van der Waals surface area contributed by atoms with Gasteiger partial charge < -0.3 is 14.8 Å². The molecule has 19 heavy (non-hydrogen) atoms. The van der Waals surface area contributed by atoms with Gasteiger partial charge in [-0.25, -0.2) is 4.79 Å². The highest BCUT2D eigenvalue weighted by Crippen LogP contribution is 2.32. The Morgan fingerprint density at radius 1 is 1.32 bits per heavy atom. The normalized spacial score (nSPS) is 10.5. The fraction of sp³-hybridized carbons (Fsp3) is 0.231. The van der Waals surface area contributed by atoms with Crippen molar-refractivity contribution in [1.82, 2.24) is 0 Å². The molecule has 0 spiro atoms. The molecule has 0 saturated heterocycles. The van der Waals surface area contributed by atoms with Crippen molar-refractivity contribution < 1.29 is 19.1 Å². The van der Waals surface area contributed by atoms with Gasteiger partial charge in [-0.3, -0.25) is 4.79 Å². The minimum atomic E-state index is -1.04. The lowest BCUT2D eigenvalue weighted by Crippen LogP contribution is -2.13. The predicted molar refractivity (Wildman–Crippen MR) is 72.2 cm³/mol. The number of carbonyl (C=O) groups excluding carboxylic acids is 1. The van der Waals surface area contributed by atoms with Crippen molar-refractivity contribution in [2.75, 3.05) is 5.32 Å². The molecule has 2 aromatic heterocycles. The molecule has 2 aromatic rings. The summed E-state index contributed by atoms with van der Waals surface area (Å²) in [5.74, 6) is -0.907. The lowest BCUT2D eigenvalue weighted by molar-refractivity contribution is 0.0697. The van der Waals surface area contributed by atoms with Crippen molar-refractivity contribution in [1.29, 1.82) is 0 Å². The lowest BCUT2D eigenvalue weighted by Gasteiger charge is -2.03. The van der Waals surface area contributed by atoms with Crippen LogP contribution in [0.1, 0.15) is 36.9 Å². The zero-order chi connectivity index (χ0) is 14.2. The molecular weight excluding hydrogens is 266 g/mol. The molecule has 0 atom stereocenters. The van der Waals surface area contributed by atoms with Crippen LogP contribution in [0.15, 0.2) is 16.7 Å². The van der Waals surface area contributed by atoms with Gasteiger partial charge in [0, 0.05) is 4.88 Å². The molecule has 2 N–H and O–H groups in total. The van der Waals surface area contributed by atoms with Gasteiger partial charge in [0.1, 0.15) is 10.8 Å². The number of thiophene rings is 1. The fourth-order valence-electron chi connectivity index (χ4n) is 1.76. The molecule has 0 aliphatic rings. The van der Waals surface area contributed by atoms with Gasteiger partial charge in [-0.15, -0.1) is 11.3 Å². The summed E-state index contributed by atoms with van der Waals surface area (Å²) in [5, 5.41) is 12.2. The summed E-state index contributed by atoms with van der Waals surface area (Å²) in [6.45, 7) is 5.23. The van der Waals surface area contributed by atoms with E-state index in [9.17, 15) is 14.7 Å². The Morgan fingerprint density at radius 2 is 2.00 bits per heavy atom. The molecule has 0 unspecified atom stereocenters. The summed E-state index contributed by atoms with van der Waals surface area (Å²) >= 11 is 1.26. The highest BCUT2D eigenvalue weighted by molar-refractivity contribution is 7.16. The third-order valence-electron chi connectivity index (χ3n) is 2.93. The van der Waals surface area contributed by atoms with Crippen LogP contribution in [-0.2, 0) is 0 Å². The van der Waals surface area contributed by atoms with Crippen LogP contribution in [0.2, 0.25) is 0 Å². The minimum absolute atomic E-state index is 0.150. The van der Waals surface area contributed by atoms with E-state index in [0.29, 0.717) is 21.9 Å². The van der Waals surface area contributed by atoms with Gasteiger partial charge >= 0.3 is 5.97 Å². The van der Waals surface area contributed by atoms with Crippen molar-refractivity contribution in [3.63, 3.8) is 0 Å². The first-order valence-electron chi connectivity index (χ1n) is 5.60. The molecule has 2 rings (SSSR count). The zero-order valence-electron chi connectivity index (χ0n) is 10.7. The van der Waals surface area contributed by atoms with E-state index in [1.807, 2.05) is 6.92 Å². The molecule has 6 heteroatoms. The SMILES string of the molecule is Cc1occc1C(=O)Nc1sc(C)c(C)c1C(=O)O. The molecule has 0 radical (unpaired) electrons. The van der Waals surface area contributed by atoms with E-state index >= 15 is 0 Å². The number of carbonyl (C=O) groups is 2. The second kappa shape index (κ2) is 4.89.